The number of nitrogens with zero attached hydrogens (tertiary/aromatic N) is 2. The number of ether oxygens (including phenoxy) is 1. The molecule has 1 saturated heterocycles. The molecule has 1 atom stereocenters. The maximum atomic E-state index is 12.9. The third-order valence-electron chi connectivity index (χ3n) is 4.88. The molecule has 2 aliphatic rings. The summed E-state index contributed by atoms with van der Waals surface area (Å²) < 4.78 is 5.54. The van der Waals surface area contributed by atoms with E-state index in [1.165, 1.54) is 0 Å². The second kappa shape index (κ2) is 7.98. The minimum Gasteiger partial charge on any atom is -0.479 e. The number of fused-ring (bicyclic) bond motifs is 1. The molecular weight excluding hydrogens is 346 g/mol. The van der Waals surface area contributed by atoms with Crippen molar-refractivity contribution in [1.29, 1.82) is 0 Å². The van der Waals surface area contributed by atoms with E-state index in [0.29, 0.717) is 55.5 Å². The fourth-order valence-corrected chi connectivity index (χ4v) is 3.37. The highest BCUT2D eigenvalue weighted by molar-refractivity contribution is 6.01. The molecule has 0 aromatic heterocycles. The zero-order chi connectivity index (χ0) is 19.6. The normalized spacial score (nSPS) is 19.9. The van der Waals surface area contributed by atoms with Crippen molar-refractivity contribution in [2.24, 2.45) is 5.92 Å². The molecule has 0 radical (unpaired) electrons. The lowest BCUT2D eigenvalue weighted by Gasteiger charge is -2.25. The van der Waals surface area contributed by atoms with Crippen molar-refractivity contribution in [1.82, 2.24) is 9.80 Å². The molecule has 0 spiro atoms. The van der Waals surface area contributed by atoms with Crippen LogP contribution < -0.4 is 10.1 Å². The van der Waals surface area contributed by atoms with Crippen molar-refractivity contribution >= 4 is 23.4 Å². The van der Waals surface area contributed by atoms with Gasteiger partial charge in [-0.05, 0) is 37.5 Å². The predicted octanol–water partition coefficient (Wildman–Crippen LogP) is 2.13. The Kier molecular flexibility index (Phi) is 5.68. The zero-order valence-electron chi connectivity index (χ0n) is 16.2. The number of amides is 3. The molecule has 27 heavy (non-hydrogen) atoms. The minimum atomic E-state index is -0.543. The lowest BCUT2D eigenvalue weighted by Crippen LogP contribution is -2.38. The molecule has 2 heterocycles. The van der Waals surface area contributed by atoms with Crippen LogP contribution in [0.15, 0.2) is 18.2 Å². The maximum absolute atomic E-state index is 12.9. The summed E-state index contributed by atoms with van der Waals surface area (Å²) in [7, 11) is 0. The highest BCUT2D eigenvalue weighted by atomic mass is 16.5. The molecule has 0 aliphatic carbocycles. The summed E-state index contributed by atoms with van der Waals surface area (Å²) in [6.45, 7) is 8.11. The minimum absolute atomic E-state index is 0.0937. The van der Waals surface area contributed by atoms with Crippen molar-refractivity contribution in [3.8, 4) is 5.75 Å². The molecular formula is C20H27N3O4. The molecule has 1 aromatic rings. The molecule has 1 aromatic carbocycles. The molecule has 7 nitrogen and oxygen atoms in total. The van der Waals surface area contributed by atoms with Crippen molar-refractivity contribution in [2.45, 2.75) is 39.7 Å². The summed E-state index contributed by atoms with van der Waals surface area (Å²) in [5, 5.41) is 2.77. The van der Waals surface area contributed by atoms with Crippen LogP contribution in [0, 0.1) is 5.92 Å². The van der Waals surface area contributed by atoms with Gasteiger partial charge in [-0.25, -0.2) is 0 Å². The van der Waals surface area contributed by atoms with Gasteiger partial charge in [0.1, 0.15) is 5.75 Å². The lowest BCUT2D eigenvalue weighted by molar-refractivity contribution is -0.131. The van der Waals surface area contributed by atoms with Gasteiger partial charge in [-0.15, -0.1) is 0 Å². The molecule has 1 fully saturated rings. The van der Waals surface area contributed by atoms with Crippen LogP contribution in [0.2, 0.25) is 0 Å². The van der Waals surface area contributed by atoms with Crippen LogP contribution in [0.3, 0.4) is 0 Å². The van der Waals surface area contributed by atoms with Gasteiger partial charge in [-0.1, -0.05) is 13.8 Å². The Hall–Kier alpha value is -2.57. The average Bonchev–Trinajstić information content (AvgIpc) is 2.87. The second-order valence-corrected chi connectivity index (χ2v) is 7.58. The van der Waals surface area contributed by atoms with E-state index in [2.05, 4.69) is 5.32 Å². The Balaban J connectivity index is 1.67. The summed E-state index contributed by atoms with van der Waals surface area (Å²) in [6.07, 6.45) is 0.758. The first-order valence-electron chi connectivity index (χ1n) is 9.53. The Morgan fingerprint density at radius 3 is 2.63 bits per heavy atom. The highest BCUT2D eigenvalue weighted by Gasteiger charge is 2.27. The Morgan fingerprint density at radius 1 is 1.19 bits per heavy atom. The van der Waals surface area contributed by atoms with Gasteiger partial charge in [-0.3, -0.25) is 14.4 Å². The van der Waals surface area contributed by atoms with Crippen LogP contribution in [0.5, 0.6) is 5.75 Å². The number of carbonyl (C=O) groups is 3. The van der Waals surface area contributed by atoms with E-state index in [1.807, 2.05) is 18.7 Å². The van der Waals surface area contributed by atoms with Crippen molar-refractivity contribution in [3.05, 3.63) is 23.8 Å². The van der Waals surface area contributed by atoms with E-state index >= 15 is 0 Å². The van der Waals surface area contributed by atoms with Crippen LogP contribution in [-0.2, 0) is 9.59 Å². The summed E-state index contributed by atoms with van der Waals surface area (Å²) in [4.78, 5) is 40.6. The van der Waals surface area contributed by atoms with Gasteiger partial charge in [0.05, 0.1) is 5.69 Å². The molecule has 0 saturated carbocycles. The monoisotopic (exact) mass is 373 g/mol. The quantitative estimate of drug-likeness (QED) is 0.880. The van der Waals surface area contributed by atoms with Crippen molar-refractivity contribution in [3.63, 3.8) is 0 Å². The van der Waals surface area contributed by atoms with Gasteiger partial charge in [-0.2, -0.15) is 0 Å². The zero-order valence-corrected chi connectivity index (χ0v) is 16.2. The van der Waals surface area contributed by atoms with E-state index < -0.39 is 6.10 Å². The fourth-order valence-electron chi connectivity index (χ4n) is 3.37. The predicted molar refractivity (Wildman–Crippen MR) is 102 cm³/mol. The third-order valence-corrected chi connectivity index (χ3v) is 4.88. The molecule has 146 valence electrons. The van der Waals surface area contributed by atoms with Crippen LogP contribution in [0.1, 0.15) is 44.0 Å². The number of anilines is 1. The number of nitrogens with one attached hydrogen (secondary N) is 1. The molecule has 7 heteroatoms. The average molecular weight is 373 g/mol. The molecule has 1 unspecified atom stereocenters. The van der Waals surface area contributed by atoms with Crippen LogP contribution in [-0.4, -0.2) is 59.8 Å². The Bertz CT molecular complexity index is 747. The summed E-state index contributed by atoms with van der Waals surface area (Å²) in [5.41, 5.74) is 1.03. The number of benzene rings is 1. The molecule has 2 aliphatic heterocycles. The smallest absolute Gasteiger partial charge is 0.265 e. The van der Waals surface area contributed by atoms with E-state index in [-0.39, 0.29) is 17.7 Å². The summed E-state index contributed by atoms with van der Waals surface area (Å²) in [6, 6.07) is 5.10. The fraction of sp³-hybridized carbons (Fsp3) is 0.550. The number of rotatable bonds is 3. The van der Waals surface area contributed by atoms with Gasteiger partial charge in [0, 0.05) is 38.2 Å². The third kappa shape index (κ3) is 4.40. The van der Waals surface area contributed by atoms with Gasteiger partial charge in [0.25, 0.3) is 11.8 Å². The SMILES string of the molecule is CC(C)CC(=O)N1CCCN(C(=O)c2ccc3c(c2)NC(=O)C(C)O3)CC1. The largest absolute Gasteiger partial charge is 0.479 e. The number of carbonyl (C=O) groups excluding carboxylic acids is 3. The Labute approximate surface area is 159 Å². The van der Waals surface area contributed by atoms with Gasteiger partial charge < -0.3 is 19.9 Å². The van der Waals surface area contributed by atoms with Gasteiger partial charge >= 0.3 is 0 Å². The highest BCUT2D eigenvalue weighted by Crippen LogP contribution is 2.30. The van der Waals surface area contributed by atoms with Gasteiger partial charge in [0.15, 0.2) is 6.10 Å². The van der Waals surface area contributed by atoms with Crippen LogP contribution in [0.25, 0.3) is 0 Å². The van der Waals surface area contributed by atoms with E-state index in [0.717, 1.165) is 6.42 Å². The summed E-state index contributed by atoms with van der Waals surface area (Å²) in [5.74, 6) is 0.737. The van der Waals surface area contributed by atoms with Crippen LogP contribution >= 0.6 is 0 Å². The van der Waals surface area contributed by atoms with E-state index in [9.17, 15) is 14.4 Å². The van der Waals surface area contributed by atoms with E-state index in [1.54, 1.807) is 30.0 Å². The van der Waals surface area contributed by atoms with Crippen LogP contribution in [0.4, 0.5) is 5.69 Å². The first kappa shape index (κ1) is 19.2. The van der Waals surface area contributed by atoms with Gasteiger partial charge in [0.2, 0.25) is 5.91 Å². The first-order chi connectivity index (χ1) is 12.8. The number of hydrogen-bond donors (Lipinski definition) is 1. The number of hydrogen-bond acceptors (Lipinski definition) is 4. The molecule has 3 rings (SSSR count). The maximum Gasteiger partial charge on any atom is 0.265 e. The topological polar surface area (TPSA) is 79.0 Å². The molecule has 1 N–H and O–H groups in total. The molecule has 3 amide bonds. The first-order valence-corrected chi connectivity index (χ1v) is 9.53. The second-order valence-electron chi connectivity index (χ2n) is 7.58. The van der Waals surface area contributed by atoms with Crippen molar-refractivity contribution < 1.29 is 19.1 Å². The standard InChI is InChI=1S/C20H27N3O4/c1-13(2)11-18(24)22-7-4-8-23(10-9-22)20(26)15-5-6-17-16(12-15)21-19(25)14(3)27-17/h5-6,12-14H,4,7-11H2,1-3H3,(H,21,25). The van der Waals surface area contributed by atoms with E-state index in [4.69, 9.17) is 4.74 Å². The Morgan fingerprint density at radius 2 is 1.89 bits per heavy atom. The van der Waals surface area contributed by atoms with Crippen molar-refractivity contribution in [2.75, 3.05) is 31.5 Å². The lowest BCUT2D eigenvalue weighted by atomic mass is 10.1. The molecule has 0 bridgehead atoms. The summed E-state index contributed by atoms with van der Waals surface area (Å²) >= 11 is 0.